The first-order valence-corrected chi connectivity index (χ1v) is 10.8. The molecule has 6 nitrogen and oxygen atoms in total. The molecular weight excluding hydrogens is 459 g/mol. The van der Waals surface area contributed by atoms with E-state index in [1.807, 2.05) is 36.4 Å². The number of hydrogen-bond donors (Lipinski definition) is 0. The molecule has 1 fully saturated rings. The van der Waals surface area contributed by atoms with Gasteiger partial charge in [-0.15, -0.1) is 10.2 Å². The number of rotatable bonds is 5. The molecule has 0 atom stereocenters. The molecule has 160 valence electrons. The first-order chi connectivity index (χ1) is 15.0. The fraction of sp³-hybridized carbons (Fsp3) is 0.227. The Morgan fingerprint density at radius 3 is 2.39 bits per heavy atom. The summed E-state index contributed by atoms with van der Waals surface area (Å²) in [6.07, 6.45) is 0. The van der Waals surface area contributed by atoms with Crippen LogP contribution in [0.25, 0.3) is 11.3 Å². The molecule has 9 heteroatoms. The summed E-state index contributed by atoms with van der Waals surface area (Å²) in [6.45, 7) is 2.36. The van der Waals surface area contributed by atoms with Crippen molar-refractivity contribution in [3.63, 3.8) is 0 Å². The van der Waals surface area contributed by atoms with Gasteiger partial charge in [-0.25, -0.2) is 0 Å². The number of ether oxygens (including phenoxy) is 1. The van der Waals surface area contributed by atoms with Crippen LogP contribution in [0, 0.1) is 0 Å². The Morgan fingerprint density at radius 2 is 1.68 bits per heavy atom. The second kappa shape index (κ2) is 9.73. The Kier molecular flexibility index (Phi) is 6.80. The highest BCUT2D eigenvalue weighted by molar-refractivity contribution is 6.34. The van der Waals surface area contributed by atoms with Gasteiger partial charge in [-0.3, -0.25) is 4.79 Å². The molecule has 4 rings (SSSR count). The Hall–Kier alpha value is -2.54. The molecule has 2 aromatic carbocycles. The molecule has 3 aromatic rings. The third kappa shape index (κ3) is 5.21. The van der Waals surface area contributed by atoms with E-state index in [9.17, 15) is 4.79 Å². The van der Waals surface area contributed by atoms with Gasteiger partial charge in [0.15, 0.2) is 12.4 Å². The minimum atomic E-state index is -0.101. The van der Waals surface area contributed by atoms with Crippen molar-refractivity contribution in [1.29, 1.82) is 0 Å². The third-order valence-electron chi connectivity index (χ3n) is 5.00. The molecule has 1 saturated heterocycles. The number of amides is 1. The molecule has 0 radical (unpaired) electrons. The number of piperazine rings is 1. The molecule has 1 aromatic heterocycles. The first-order valence-electron chi connectivity index (χ1n) is 9.70. The third-order valence-corrected chi connectivity index (χ3v) is 5.88. The molecule has 0 bridgehead atoms. The van der Waals surface area contributed by atoms with Crippen molar-refractivity contribution < 1.29 is 9.53 Å². The van der Waals surface area contributed by atoms with Crippen molar-refractivity contribution in [2.24, 2.45) is 0 Å². The lowest BCUT2D eigenvalue weighted by Crippen LogP contribution is -2.50. The van der Waals surface area contributed by atoms with E-state index in [0.717, 1.165) is 17.1 Å². The molecule has 0 unspecified atom stereocenters. The maximum Gasteiger partial charge on any atom is 0.260 e. The van der Waals surface area contributed by atoms with Gasteiger partial charge in [-0.2, -0.15) is 0 Å². The molecule has 31 heavy (non-hydrogen) atoms. The lowest BCUT2D eigenvalue weighted by atomic mass is 10.1. The van der Waals surface area contributed by atoms with E-state index in [0.29, 0.717) is 47.0 Å². The number of halogens is 3. The van der Waals surface area contributed by atoms with Crippen LogP contribution in [-0.4, -0.2) is 53.8 Å². The second-order valence-electron chi connectivity index (χ2n) is 6.99. The quantitative estimate of drug-likeness (QED) is 0.527. The smallest absolute Gasteiger partial charge is 0.260 e. The Morgan fingerprint density at radius 1 is 0.903 bits per heavy atom. The van der Waals surface area contributed by atoms with Crippen LogP contribution < -0.4 is 9.64 Å². The summed E-state index contributed by atoms with van der Waals surface area (Å²) in [5.41, 5.74) is 1.57. The molecule has 1 amide bonds. The SMILES string of the molecule is O=C(COc1cc(Cl)ccc1Cl)N1CCN(c2ccc(-c3ccccc3Cl)nn2)CC1. The van der Waals surface area contributed by atoms with Crippen LogP contribution >= 0.6 is 34.8 Å². The van der Waals surface area contributed by atoms with Crippen LogP contribution in [-0.2, 0) is 4.79 Å². The van der Waals surface area contributed by atoms with Crippen LogP contribution in [0.1, 0.15) is 0 Å². The summed E-state index contributed by atoms with van der Waals surface area (Å²) in [7, 11) is 0. The molecule has 0 saturated carbocycles. The van der Waals surface area contributed by atoms with E-state index < -0.39 is 0 Å². The summed E-state index contributed by atoms with van der Waals surface area (Å²) < 4.78 is 5.55. The lowest BCUT2D eigenvalue weighted by molar-refractivity contribution is -0.133. The molecule has 0 spiro atoms. The monoisotopic (exact) mass is 476 g/mol. The second-order valence-corrected chi connectivity index (χ2v) is 8.24. The van der Waals surface area contributed by atoms with Gasteiger partial charge < -0.3 is 14.5 Å². The Labute approximate surface area is 195 Å². The summed E-state index contributed by atoms with van der Waals surface area (Å²) in [5, 5.41) is 10.2. The zero-order valence-corrected chi connectivity index (χ0v) is 18.7. The predicted octanol–water partition coefficient (Wildman–Crippen LogP) is 4.83. The number of aromatic nitrogens is 2. The van der Waals surface area contributed by atoms with E-state index in [4.69, 9.17) is 39.5 Å². The largest absolute Gasteiger partial charge is 0.482 e. The van der Waals surface area contributed by atoms with Crippen LogP contribution in [0.5, 0.6) is 5.75 Å². The lowest BCUT2D eigenvalue weighted by Gasteiger charge is -2.35. The standard InChI is InChI=1S/C22H19Cl3N4O2/c23-15-5-6-18(25)20(13-15)31-14-22(30)29-11-9-28(10-12-29)21-8-7-19(26-27-21)16-3-1-2-4-17(16)24/h1-8,13H,9-12,14H2. The summed E-state index contributed by atoms with van der Waals surface area (Å²) >= 11 is 18.3. The van der Waals surface area contributed by atoms with E-state index in [2.05, 4.69) is 15.1 Å². The summed E-state index contributed by atoms with van der Waals surface area (Å²) in [5.74, 6) is 1.07. The maximum atomic E-state index is 12.5. The van der Waals surface area contributed by atoms with E-state index in [-0.39, 0.29) is 12.5 Å². The van der Waals surface area contributed by atoms with Gasteiger partial charge in [-0.05, 0) is 30.3 Å². The highest BCUT2D eigenvalue weighted by Crippen LogP contribution is 2.28. The molecular formula is C22H19Cl3N4O2. The summed E-state index contributed by atoms with van der Waals surface area (Å²) in [4.78, 5) is 16.4. The number of anilines is 1. The number of hydrogen-bond acceptors (Lipinski definition) is 5. The Balaban J connectivity index is 1.31. The normalized spacial score (nSPS) is 13.9. The fourth-order valence-corrected chi connectivity index (χ4v) is 3.88. The molecule has 0 aliphatic carbocycles. The number of nitrogens with zero attached hydrogens (tertiary/aromatic N) is 4. The minimum absolute atomic E-state index is 0.0909. The van der Waals surface area contributed by atoms with Crippen LogP contribution in [0.4, 0.5) is 5.82 Å². The van der Waals surface area contributed by atoms with Crippen LogP contribution in [0.3, 0.4) is 0 Å². The van der Waals surface area contributed by atoms with Crippen molar-refractivity contribution in [3.8, 4) is 17.0 Å². The average molecular weight is 478 g/mol. The first kappa shape index (κ1) is 21.7. The maximum absolute atomic E-state index is 12.5. The Bertz CT molecular complexity index is 1070. The number of carbonyl (C=O) groups excluding carboxylic acids is 1. The molecule has 1 aliphatic heterocycles. The van der Waals surface area contributed by atoms with Crippen molar-refractivity contribution in [3.05, 3.63) is 69.7 Å². The van der Waals surface area contributed by atoms with Gasteiger partial charge in [0.05, 0.1) is 15.7 Å². The topological polar surface area (TPSA) is 58.6 Å². The molecule has 1 aliphatic rings. The van der Waals surface area contributed by atoms with Crippen molar-refractivity contribution >= 4 is 46.5 Å². The minimum Gasteiger partial charge on any atom is -0.482 e. The van der Waals surface area contributed by atoms with Crippen molar-refractivity contribution in [2.75, 3.05) is 37.7 Å². The van der Waals surface area contributed by atoms with Gasteiger partial charge in [0.25, 0.3) is 5.91 Å². The van der Waals surface area contributed by atoms with E-state index in [1.54, 1.807) is 23.1 Å². The van der Waals surface area contributed by atoms with Gasteiger partial charge in [-0.1, -0.05) is 53.0 Å². The fourth-order valence-electron chi connectivity index (χ4n) is 3.31. The van der Waals surface area contributed by atoms with Crippen molar-refractivity contribution in [2.45, 2.75) is 0 Å². The highest BCUT2D eigenvalue weighted by atomic mass is 35.5. The van der Waals surface area contributed by atoms with E-state index in [1.165, 1.54) is 0 Å². The van der Waals surface area contributed by atoms with Crippen LogP contribution in [0.15, 0.2) is 54.6 Å². The highest BCUT2D eigenvalue weighted by Gasteiger charge is 2.23. The number of benzene rings is 2. The van der Waals surface area contributed by atoms with Crippen molar-refractivity contribution in [1.82, 2.24) is 15.1 Å². The average Bonchev–Trinajstić information content (AvgIpc) is 2.80. The van der Waals surface area contributed by atoms with Gasteiger partial charge in [0.2, 0.25) is 0 Å². The van der Waals surface area contributed by atoms with E-state index >= 15 is 0 Å². The molecule has 0 N–H and O–H groups in total. The van der Waals surface area contributed by atoms with Crippen LogP contribution in [0.2, 0.25) is 15.1 Å². The van der Waals surface area contributed by atoms with Gasteiger partial charge in [0, 0.05) is 42.8 Å². The summed E-state index contributed by atoms with van der Waals surface area (Å²) in [6, 6.07) is 16.3. The zero-order chi connectivity index (χ0) is 21.8. The zero-order valence-electron chi connectivity index (χ0n) is 16.5. The predicted molar refractivity (Wildman–Crippen MR) is 123 cm³/mol. The van der Waals surface area contributed by atoms with Gasteiger partial charge in [0.1, 0.15) is 5.75 Å². The van der Waals surface area contributed by atoms with Gasteiger partial charge >= 0.3 is 0 Å². The number of carbonyl (C=O) groups is 1. The molecule has 2 heterocycles.